The van der Waals surface area contributed by atoms with Crippen molar-refractivity contribution in [3.63, 3.8) is 0 Å². The van der Waals surface area contributed by atoms with Crippen LogP contribution in [0.15, 0.2) is 54.6 Å². The molecule has 0 aliphatic heterocycles. The number of carboxylic acids is 1. The molecule has 0 unspecified atom stereocenters. The van der Waals surface area contributed by atoms with Crippen LogP contribution in [-0.4, -0.2) is 29.7 Å². The summed E-state index contributed by atoms with van der Waals surface area (Å²) in [6.45, 7) is 4.26. The third-order valence-corrected chi connectivity index (χ3v) is 4.29. The van der Waals surface area contributed by atoms with Crippen LogP contribution in [0.3, 0.4) is 0 Å². The van der Waals surface area contributed by atoms with Crippen LogP contribution in [0.25, 0.3) is 0 Å². The molecule has 2 rings (SSSR count). The standard InChI is InChI=1S/C21H27N3O3/c1-21(2,14-13-19(25)26)23-20(27)22-18-12-8-7-9-16(18)15-24(3)17-10-5-4-6-11-17/h4-12H,13-15H2,1-3H3,(H,25,26)(H2,22,23,27). The van der Waals surface area contributed by atoms with Gasteiger partial charge >= 0.3 is 12.0 Å². The summed E-state index contributed by atoms with van der Waals surface area (Å²) in [6, 6.07) is 17.3. The lowest BCUT2D eigenvalue weighted by molar-refractivity contribution is -0.137. The normalized spacial score (nSPS) is 10.9. The summed E-state index contributed by atoms with van der Waals surface area (Å²) < 4.78 is 0. The number of aliphatic carboxylic acids is 1. The molecule has 2 amide bonds. The van der Waals surface area contributed by atoms with Crippen LogP contribution in [-0.2, 0) is 11.3 Å². The van der Waals surface area contributed by atoms with Crippen molar-refractivity contribution in [3.05, 3.63) is 60.2 Å². The first kappa shape index (κ1) is 20.3. The highest BCUT2D eigenvalue weighted by molar-refractivity contribution is 5.90. The van der Waals surface area contributed by atoms with E-state index in [-0.39, 0.29) is 12.5 Å². The first-order valence-corrected chi connectivity index (χ1v) is 8.92. The fraction of sp³-hybridized carbons (Fsp3) is 0.333. The molecule has 6 nitrogen and oxygen atoms in total. The number of carbonyl (C=O) groups excluding carboxylic acids is 1. The maximum atomic E-state index is 12.4. The molecular weight excluding hydrogens is 342 g/mol. The van der Waals surface area contributed by atoms with Gasteiger partial charge in [0.25, 0.3) is 0 Å². The summed E-state index contributed by atoms with van der Waals surface area (Å²) in [7, 11) is 2.00. The lowest BCUT2D eigenvalue weighted by Gasteiger charge is -2.26. The minimum atomic E-state index is -0.875. The van der Waals surface area contributed by atoms with Gasteiger partial charge in [-0.1, -0.05) is 36.4 Å². The molecule has 0 radical (unpaired) electrons. The molecule has 0 spiro atoms. The first-order valence-electron chi connectivity index (χ1n) is 8.92. The Kier molecular flexibility index (Phi) is 6.82. The van der Waals surface area contributed by atoms with E-state index in [2.05, 4.69) is 15.5 Å². The predicted molar refractivity (Wildman–Crippen MR) is 108 cm³/mol. The van der Waals surface area contributed by atoms with E-state index in [0.717, 1.165) is 16.9 Å². The van der Waals surface area contributed by atoms with Crippen molar-refractivity contribution < 1.29 is 14.7 Å². The largest absolute Gasteiger partial charge is 0.481 e. The molecule has 0 saturated heterocycles. The Balaban J connectivity index is 2.02. The molecule has 144 valence electrons. The topological polar surface area (TPSA) is 81.7 Å². The summed E-state index contributed by atoms with van der Waals surface area (Å²) >= 11 is 0. The number of hydrogen-bond donors (Lipinski definition) is 3. The molecule has 0 bridgehead atoms. The molecule has 0 aliphatic rings. The molecule has 0 atom stereocenters. The predicted octanol–water partition coefficient (Wildman–Crippen LogP) is 4.09. The third-order valence-electron chi connectivity index (χ3n) is 4.29. The highest BCUT2D eigenvalue weighted by Crippen LogP contribution is 2.21. The van der Waals surface area contributed by atoms with Gasteiger partial charge in [-0.05, 0) is 44.0 Å². The summed E-state index contributed by atoms with van der Waals surface area (Å²) in [4.78, 5) is 25.3. The van der Waals surface area contributed by atoms with Crippen LogP contribution in [0.1, 0.15) is 32.3 Å². The summed E-state index contributed by atoms with van der Waals surface area (Å²) in [5, 5.41) is 14.6. The number of nitrogens with one attached hydrogen (secondary N) is 2. The first-order chi connectivity index (χ1) is 12.8. The number of nitrogens with zero attached hydrogens (tertiary/aromatic N) is 1. The molecule has 3 N–H and O–H groups in total. The van der Waals surface area contributed by atoms with E-state index >= 15 is 0 Å². The molecule has 0 fully saturated rings. The lowest BCUT2D eigenvalue weighted by Crippen LogP contribution is -2.45. The fourth-order valence-corrected chi connectivity index (χ4v) is 2.75. The second-order valence-electron chi connectivity index (χ2n) is 7.21. The van der Waals surface area contributed by atoms with Gasteiger partial charge in [0.15, 0.2) is 0 Å². The Hall–Kier alpha value is -3.02. The second kappa shape index (κ2) is 9.07. The van der Waals surface area contributed by atoms with Gasteiger partial charge in [0, 0.05) is 36.9 Å². The average molecular weight is 369 g/mol. The molecule has 2 aromatic rings. The van der Waals surface area contributed by atoms with E-state index < -0.39 is 11.5 Å². The lowest BCUT2D eigenvalue weighted by atomic mass is 9.99. The van der Waals surface area contributed by atoms with Gasteiger partial charge < -0.3 is 20.6 Å². The van der Waals surface area contributed by atoms with Crippen molar-refractivity contribution in [1.82, 2.24) is 5.32 Å². The summed E-state index contributed by atoms with van der Waals surface area (Å²) in [5.41, 5.74) is 2.19. The Morgan fingerprint density at radius 1 is 1.04 bits per heavy atom. The summed E-state index contributed by atoms with van der Waals surface area (Å²) in [5.74, 6) is -0.875. The van der Waals surface area contributed by atoms with Crippen molar-refractivity contribution in [3.8, 4) is 0 Å². The van der Waals surface area contributed by atoms with Gasteiger partial charge in [-0.25, -0.2) is 4.79 Å². The van der Waals surface area contributed by atoms with Crippen molar-refractivity contribution >= 4 is 23.4 Å². The van der Waals surface area contributed by atoms with Gasteiger partial charge in [-0.3, -0.25) is 4.79 Å². The number of benzene rings is 2. The van der Waals surface area contributed by atoms with Crippen LogP contribution in [0.5, 0.6) is 0 Å². The molecule has 0 heterocycles. The van der Waals surface area contributed by atoms with Gasteiger partial charge in [0.2, 0.25) is 0 Å². The van der Waals surface area contributed by atoms with E-state index in [1.54, 1.807) is 0 Å². The highest BCUT2D eigenvalue weighted by Gasteiger charge is 2.22. The van der Waals surface area contributed by atoms with E-state index in [1.165, 1.54) is 0 Å². The molecule has 2 aromatic carbocycles. The smallest absolute Gasteiger partial charge is 0.319 e. The van der Waals surface area contributed by atoms with Crippen LogP contribution >= 0.6 is 0 Å². The third kappa shape index (κ3) is 6.66. The molecule has 27 heavy (non-hydrogen) atoms. The number of carboxylic acid groups (broad SMARTS) is 1. The number of rotatable bonds is 8. The van der Waals surface area contributed by atoms with E-state index in [4.69, 9.17) is 5.11 Å². The molecule has 6 heteroatoms. The molecule has 0 aliphatic carbocycles. The molecule has 0 aromatic heterocycles. The van der Waals surface area contributed by atoms with Crippen molar-refractivity contribution in [2.24, 2.45) is 0 Å². The number of anilines is 2. The van der Waals surface area contributed by atoms with Gasteiger partial charge in [-0.2, -0.15) is 0 Å². The van der Waals surface area contributed by atoms with Crippen molar-refractivity contribution in [2.75, 3.05) is 17.3 Å². The van der Waals surface area contributed by atoms with Gasteiger partial charge in [0.05, 0.1) is 0 Å². The molecular formula is C21H27N3O3. The average Bonchev–Trinajstić information content (AvgIpc) is 2.62. The number of urea groups is 1. The summed E-state index contributed by atoms with van der Waals surface area (Å²) in [6.07, 6.45) is 0.361. The zero-order valence-corrected chi connectivity index (χ0v) is 16.0. The van der Waals surface area contributed by atoms with Gasteiger partial charge in [0.1, 0.15) is 0 Å². The Morgan fingerprint density at radius 3 is 2.33 bits per heavy atom. The minimum absolute atomic E-state index is 0.00569. The van der Waals surface area contributed by atoms with Crippen molar-refractivity contribution in [1.29, 1.82) is 0 Å². The quantitative estimate of drug-likeness (QED) is 0.655. The number of amides is 2. The zero-order valence-electron chi connectivity index (χ0n) is 16.0. The Labute approximate surface area is 160 Å². The van der Waals surface area contributed by atoms with E-state index in [1.807, 2.05) is 75.5 Å². The number of carbonyl (C=O) groups is 2. The number of hydrogen-bond acceptors (Lipinski definition) is 3. The SMILES string of the molecule is CN(Cc1ccccc1NC(=O)NC(C)(C)CCC(=O)O)c1ccccc1. The minimum Gasteiger partial charge on any atom is -0.481 e. The maximum absolute atomic E-state index is 12.4. The zero-order chi connectivity index (χ0) is 19.9. The fourth-order valence-electron chi connectivity index (χ4n) is 2.75. The Bertz CT molecular complexity index is 775. The maximum Gasteiger partial charge on any atom is 0.319 e. The van der Waals surface area contributed by atoms with Crippen LogP contribution in [0.4, 0.5) is 16.2 Å². The van der Waals surface area contributed by atoms with Gasteiger partial charge in [-0.15, -0.1) is 0 Å². The van der Waals surface area contributed by atoms with E-state index in [9.17, 15) is 9.59 Å². The number of para-hydroxylation sites is 2. The van der Waals surface area contributed by atoms with Crippen LogP contribution < -0.4 is 15.5 Å². The van der Waals surface area contributed by atoms with Crippen LogP contribution in [0, 0.1) is 0 Å². The van der Waals surface area contributed by atoms with E-state index in [0.29, 0.717) is 13.0 Å². The van der Waals surface area contributed by atoms with Crippen molar-refractivity contribution in [2.45, 2.75) is 38.8 Å². The highest BCUT2D eigenvalue weighted by atomic mass is 16.4. The van der Waals surface area contributed by atoms with Crippen LogP contribution in [0.2, 0.25) is 0 Å². The Morgan fingerprint density at radius 2 is 1.67 bits per heavy atom. The monoisotopic (exact) mass is 369 g/mol. The molecule has 0 saturated carbocycles. The second-order valence-corrected chi connectivity index (χ2v) is 7.21.